The third-order valence-corrected chi connectivity index (χ3v) is 6.04. The van der Waals surface area contributed by atoms with Crippen LogP contribution in [0.4, 0.5) is 0 Å². The van der Waals surface area contributed by atoms with Gasteiger partial charge in [0.1, 0.15) is 6.33 Å². The average Bonchev–Trinajstić information content (AvgIpc) is 3.24. The Morgan fingerprint density at radius 2 is 1.52 bits per heavy atom. The van der Waals surface area contributed by atoms with E-state index in [-0.39, 0.29) is 0 Å². The summed E-state index contributed by atoms with van der Waals surface area (Å²) in [5.41, 5.74) is 10.0. The fourth-order valence-corrected chi connectivity index (χ4v) is 4.07. The van der Waals surface area contributed by atoms with E-state index in [1.807, 2.05) is 12.1 Å². The average molecular weight is 381 g/mol. The summed E-state index contributed by atoms with van der Waals surface area (Å²) in [6.07, 6.45) is 1.77. The van der Waals surface area contributed by atoms with E-state index in [1.165, 1.54) is 22.4 Å². The van der Waals surface area contributed by atoms with Crippen LogP contribution in [0.5, 0.6) is 0 Å². The van der Waals surface area contributed by atoms with Crippen LogP contribution in [0.1, 0.15) is 27.9 Å². The zero-order valence-electron chi connectivity index (χ0n) is 17.4. The van der Waals surface area contributed by atoms with Crippen LogP contribution in [-0.2, 0) is 0 Å². The first-order valence-electron chi connectivity index (χ1n) is 9.83. The van der Waals surface area contributed by atoms with E-state index in [0.717, 1.165) is 39.3 Å². The topological polar surface area (TPSA) is 48.0 Å². The molecule has 0 aliphatic carbocycles. The van der Waals surface area contributed by atoms with Gasteiger partial charge in [-0.25, -0.2) is 14.5 Å². The zero-order valence-corrected chi connectivity index (χ0v) is 17.4. The predicted molar refractivity (Wildman–Crippen MR) is 117 cm³/mol. The van der Waals surface area contributed by atoms with Crippen LogP contribution < -0.4 is 0 Å². The van der Waals surface area contributed by atoms with Crippen molar-refractivity contribution in [1.82, 2.24) is 24.1 Å². The molecule has 0 spiro atoms. The van der Waals surface area contributed by atoms with Gasteiger partial charge in [0.15, 0.2) is 17.1 Å². The van der Waals surface area contributed by atoms with Crippen molar-refractivity contribution in [3.05, 3.63) is 76.7 Å². The third kappa shape index (κ3) is 2.50. The number of nitrogens with zero attached hydrogens (tertiary/aromatic N) is 5. The van der Waals surface area contributed by atoms with Gasteiger partial charge in [-0.2, -0.15) is 0 Å². The monoisotopic (exact) mass is 381 g/mol. The molecule has 0 bridgehead atoms. The lowest BCUT2D eigenvalue weighted by atomic mass is 10.1. The first-order chi connectivity index (χ1) is 14.0. The van der Waals surface area contributed by atoms with Crippen LogP contribution in [0.3, 0.4) is 0 Å². The van der Waals surface area contributed by atoms with Gasteiger partial charge in [0, 0.05) is 11.3 Å². The summed E-state index contributed by atoms with van der Waals surface area (Å²) in [6.45, 7) is 10.7. The molecule has 29 heavy (non-hydrogen) atoms. The lowest BCUT2D eigenvalue weighted by Gasteiger charge is -2.13. The van der Waals surface area contributed by atoms with Crippen molar-refractivity contribution in [3.63, 3.8) is 0 Å². The largest absolute Gasteiger partial charge is 0.298 e. The van der Waals surface area contributed by atoms with Crippen LogP contribution in [-0.4, -0.2) is 24.1 Å². The first kappa shape index (κ1) is 17.6. The van der Waals surface area contributed by atoms with Crippen LogP contribution in [0, 0.1) is 34.6 Å². The summed E-state index contributed by atoms with van der Waals surface area (Å²) in [5, 5.41) is 5.77. The molecule has 5 aromatic rings. The van der Waals surface area contributed by atoms with Crippen molar-refractivity contribution >= 4 is 16.7 Å². The fraction of sp³-hybridized carbons (Fsp3) is 0.208. The Morgan fingerprint density at radius 1 is 0.759 bits per heavy atom. The van der Waals surface area contributed by atoms with Crippen LogP contribution >= 0.6 is 0 Å². The Labute approximate surface area is 169 Å². The molecule has 5 nitrogen and oxygen atoms in total. The minimum absolute atomic E-state index is 0.730. The van der Waals surface area contributed by atoms with Crippen LogP contribution in [0.25, 0.3) is 33.8 Å². The molecule has 0 N–H and O–H groups in total. The number of rotatable bonds is 2. The fourth-order valence-electron chi connectivity index (χ4n) is 4.07. The molecule has 0 radical (unpaired) electrons. The van der Waals surface area contributed by atoms with E-state index in [4.69, 9.17) is 15.1 Å². The van der Waals surface area contributed by atoms with Gasteiger partial charge >= 0.3 is 0 Å². The highest BCUT2D eigenvalue weighted by Crippen LogP contribution is 2.32. The van der Waals surface area contributed by atoms with Gasteiger partial charge in [0.05, 0.1) is 11.1 Å². The Balaban J connectivity index is 1.83. The molecule has 5 heteroatoms. The van der Waals surface area contributed by atoms with Crippen molar-refractivity contribution in [1.29, 1.82) is 0 Å². The second-order valence-electron chi connectivity index (χ2n) is 7.73. The second-order valence-corrected chi connectivity index (χ2v) is 7.73. The van der Waals surface area contributed by atoms with E-state index in [1.54, 1.807) is 10.8 Å². The number of hydrogen-bond acceptors (Lipinski definition) is 3. The summed E-state index contributed by atoms with van der Waals surface area (Å²) < 4.78 is 4.04. The van der Waals surface area contributed by atoms with Gasteiger partial charge in [0.2, 0.25) is 0 Å². The molecule has 0 amide bonds. The van der Waals surface area contributed by atoms with Gasteiger partial charge in [-0.05, 0) is 62.9 Å². The molecule has 2 aromatic carbocycles. The SMILES string of the molecule is Cc1ccccc1-c1nc2c3c(C)c(C)n(-c4cccc(C)c4C)c3ncn2n1. The quantitative estimate of drug-likeness (QED) is 0.418. The molecule has 0 aliphatic rings. The normalized spacial score (nSPS) is 11.6. The van der Waals surface area contributed by atoms with E-state index >= 15 is 0 Å². The maximum absolute atomic E-state index is 4.92. The highest BCUT2D eigenvalue weighted by molar-refractivity contribution is 5.95. The van der Waals surface area contributed by atoms with E-state index < -0.39 is 0 Å². The molecule has 5 rings (SSSR count). The molecular weight excluding hydrogens is 358 g/mol. The Kier molecular flexibility index (Phi) is 3.81. The molecule has 0 aliphatic heterocycles. The Bertz CT molecular complexity index is 1400. The van der Waals surface area contributed by atoms with Gasteiger partial charge in [0.25, 0.3) is 0 Å². The minimum Gasteiger partial charge on any atom is -0.298 e. The molecule has 144 valence electrons. The number of benzene rings is 2. The lowest BCUT2D eigenvalue weighted by Crippen LogP contribution is -2.02. The molecule has 0 fully saturated rings. The van der Waals surface area contributed by atoms with Crippen molar-refractivity contribution in [2.75, 3.05) is 0 Å². The van der Waals surface area contributed by atoms with Gasteiger partial charge < -0.3 is 0 Å². The first-order valence-corrected chi connectivity index (χ1v) is 9.83. The summed E-state index contributed by atoms with van der Waals surface area (Å²) in [6, 6.07) is 14.6. The number of fused-ring (bicyclic) bond motifs is 3. The van der Waals surface area contributed by atoms with Crippen molar-refractivity contribution in [2.45, 2.75) is 34.6 Å². The predicted octanol–water partition coefficient (Wildman–Crippen LogP) is 5.28. The highest BCUT2D eigenvalue weighted by Gasteiger charge is 2.20. The maximum Gasteiger partial charge on any atom is 0.182 e. The molecule has 3 aromatic heterocycles. The van der Waals surface area contributed by atoms with Gasteiger partial charge in [-0.15, -0.1) is 5.10 Å². The standard InChI is InChI=1S/C24H23N5/c1-14-10-8-12-20(16(14)3)29-18(5)17(4)21-23(29)25-13-28-24(21)26-22(27-28)19-11-7-6-9-15(19)2/h6-13H,1-5H3. The van der Waals surface area contributed by atoms with Crippen molar-refractivity contribution < 1.29 is 0 Å². The molecule has 0 saturated heterocycles. The summed E-state index contributed by atoms with van der Waals surface area (Å²) in [7, 11) is 0. The summed E-state index contributed by atoms with van der Waals surface area (Å²) >= 11 is 0. The lowest BCUT2D eigenvalue weighted by molar-refractivity contribution is 0.924. The summed E-state index contributed by atoms with van der Waals surface area (Å²) in [5.74, 6) is 0.730. The number of aromatic nitrogens is 5. The molecule has 0 unspecified atom stereocenters. The van der Waals surface area contributed by atoms with E-state index in [0.29, 0.717) is 0 Å². The molecule has 0 saturated carbocycles. The number of hydrogen-bond donors (Lipinski definition) is 0. The van der Waals surface area contributed by atoms with Crippen LogP contribution in [0.15, 0.2) is 48.8 Å². The van der Waals surface area contributed by atoms with E-state index in [9.17, 15) is 0 Å². The molecular formula is C24H23N5. The van der Waals surface area contributed by atoms with Gasteiger partial charge in [-0.3, -0.25) is 4.57 Å². The Morgan fingerprint density at radius 3 is 2.31 bits per heavy atom. The number of aryl methyl sites for hydroxylation is 3. The van der Waals surface area contributed by atoms with E-state index in [2.05, 4.69) is 69.5 Å². The smallest absolute Gasteiger partial charge is 0.182 e. The highest BCUT2D eigenvalue weighted by atomic mass is 15.3. The maximum atomic E-state index is 4.92. The molecule has 0 atom stereocenters. The second kappa shape index (κ2) is 6.27. The van der Waals surface area contributed by atoms with Crippen LogP contribution in [0.2, 0.25) is 0 Å². The van der Waals surface area contributed by atoms with Crippen molar-refractivity contribution in [3.8, 4) is 17.1 Å². The Hall–Kier alpha value is -3.47. The minimum atomic E-state index is 0.730. The van der Waals surface area contributed by atoms with Crippen molar-refractivity contribution in [2.24, 2.45) is 0 Å². The third-order valence-electron chi connectivity index (χ3n) is 6.04. The molecule has 3 heterocycles. The van der Waals surface area contributed by atoms with Gasteiger partial charge in [-0.1, -0.05) is 36.4 Å². The zero-order chi connectivity index (χ0) is 20.3. The summed E-state index contributed by atoms with van der Waals surface area (Å²) in [4.78, 5) is 9.71.